The van der Waals surface area contributed by atoms with Crippen LogP contribution in [0.3, 0.4) is 0 Å². The average molecular weight is 259 g/mol. The van der Waals surface area contributed by atoms with Crippen LogP contribution in [0.5, 0.6) is 0 Å². The van der Waals surface area contributed by atoms with E-state index in [-0.39, 0.29) is 12.1 Å². The van der Waals surface area contributed by atoms with Crippen LogP contribution < -0.4 is 10.6 Å². The summed E-state index contributed by atoms with van der Waals surface area (Å²) in [5.41, 5.74) is 0.740. The Balaban J connectivity index is 2.51. The third kappa shape index (κ3) is 5.37. The summed E-state index contributed by atoms with van der Waals surface area (Å²) in [4.78, 5) is 21.9. The fourth-order valence-corrected chi connectivity index (χ4v) is 1.26. The molecule has 0 aromatic heterocycles. The maximum Gasteiger partial charge on any atom is 0.322 e. The lowest BCUT2D eigenvalue weighted by Gasteiger charge is -2.04. The monoisotopic (exact) mass is 259 g/mol. The molecule has 0 fully saturated rings. The molecule has 0 spiro atoms. The predicted octanol–water partition coefficient (Wildman–Crippen LogP) is 0.384. The molecule has 0 radical (unpaired) electrons. The molecular weight excluding hydrogens is 246 g/mol. The fourth-order valence-electron chi connectivity index (χ4n) is 1.26. The van der Waals surface area contributed by atoms with Gasteiger partial charge in [-0.1, -0.05) is 30.3 Å². The summed E-state index contributed by atoms with van der Waals surface area (Å²) in [6.07, 6.45) is 1.09. The summed E-state index contributed by atoms with van der Waals surface area (Å²) in [6.45, 7) is -0.0469. The molecule has 1 aromatic rings. The largest absolute Gasteiger partial charge is 0.480 e. The lowest BCUT2D eigenvalue weighted by molar-refractivity contribution is -0.135. The fraction of sp³-hybridized carbons (Fsp3) is 0.154. The number of rotatable bonds is 6. The van der Waals surface area contributed by atoms with Crippen LogP contribution in [-0.2, 0) is 16.1 Å². The number of carboxylic acid groups (broad SMARTS) is 1. The molecule has 6 heteroatoms. The molecule has 0 aliphatic heterocycles. The minimum atomic E-state index is -1.07. The van der Waals surface area contributed by atoms with Crippen molar-refractivity contribution in [1.29, 1.82) is 5.26 Å². The zero-order valence-electron chi connectivity index (χ0n) is 10.1. The van der Waals surface area contributed by atoms with Crippen LogP contribution in [0, 0.1) is 11.3 Å². The Morgan fingerprint density at radius 1 is 1.32 bits per heavy atom. The molecule has 1 amide bonds. The van der Waals surface area contributed by atoms with Gasteiger partial charge in [0.05, 0.1) is 0 Å². The molecule has 1 aromatic carbocycles. The van der Waals surface area contributed by atoms with Crippen molar-refractivity contribution in [3.8, 4) is 6.07 Å². The molecule has 6 nitrogen and oxygen atoms in total. The number of carboxylic acids is 1. The van der Waals surface area contributed by atoms with Gasteiger partial charge in [0, 0.05) is 12.7 Å². The number of benzene rings is 1. The Bertz CT molecular complexity index is 518. The van der Waals surface area contributed by atoms with Crippen LogP contribution in [0.25, 0.3) is 0 Å². The van der Waals surface area contributed by atoms with Gasteiger partial charge in [0.25, 0.3) is 5.91 Å². The first-order valence-corrected chi connectivity index (χ1v) is 5.51. The third-order valence-corrected chi connectivity index (χ3v) is 2.16. The number of aliphatic carboxylic acids is 1. The Labute approximate surface area is 110 Å². The van der Waals surface area contributed by atoms with E-state index in [2.05, 4.69) is 10.6 Å². The topological polar surface area (TPSA) is 102 Å². The van der Waals surface area contributed by atoms with Crippen molar-refractivity contribution >= 4 is 11.9 Å². The minimum Gasteiger partial charge on any atom is -0.480 e. The van der Waals surface area contributed by atoms with E-state index in [0.717, 1.165) is 11.8 Å². The number of carbonyl (C=O) groups excluding carboxylic acids is 1. The van der Waals surface area contributed by atoms with Gasteiger partial charge in [-0.2, -0.15) is 5.26 Å². The zero-order chi connectivity index (χ0) is 14.1. The number of carbonyl (C=O) groups is 2. The first kappa shape index (κ1) is 14.3. The molecule has 0 saturated heterocycles. The molecule has 0 saturated carbocycles. The van der Waals surface area contributed by atoms with Gasteiger partial charge in [0.1, 0.15) is 18.2 Å². The van der Waals surface area contributed by atoms with Crippen LogP contribution in [0.15, 0.2) is 42.1 Å². The van der Waals surface area contributed by atoms with E-state index < -0.39 is 11.9 Å². The number of amides is 1. The summed E-state index contributed by atoms with van der Waals surface area (Å²) in [5, 5.41) is 22.1. The summed E-state index contributed by atoms with van der Waals surface area (Å²) < 4.78 is 0. The van der Waals surface area contributed by atoms with E-state index >= 15 is 0 Å². The SMILES string of the molecule is N#C/C(=C/NCC(=O)O)C(=O)NCc1ccccc1. The lowest BCUT2D eigenvalue weighted by Crippen LogP contribution is -2.26. The quantitative estimate of drug-likeness (QED) is 0.506. The second-order valence-corrected chi connectivity index (χ2v) is 3.61. The summed E-state index contributed by atoms with van der Waals surface area (Å²) in [6, 6.07) is 10.9. The van der Waals surface area contributed by atoms with Crippen molar-refractivity contribution in [2.45, 2.75) is 6.54 Å². The van der Waals surface area contributed by atoms with Crippen molar-refractivity contribution in [3.63, 3.8) is 0 Å². The molecule has 1 rings (SSSR count). The van der Waals surface area contributed by atoms with E-state index in [1.54, 1.807) is 6.07 Å². The molecule has 3 N–H and O–H groups in total. The Morgan fingerprint density at radius 3 is 2.58 bits per heavy atom. The standard InChI is InChI=1S/C13H13N3O3/c14-6-11(8-15-9-12(17)18)13(19)16-7-10-4-2-1-3-5-10/h1-5,8,15H,7,9H2,(H,16,19)(H,17,18)/b11-8-. The van der Waals surface area contributed by atoms with E-state index in [1.165, 1.54) is 0 Å². The highest BCUT2D eigenvalue weighted by molar-refractivity contribution is 5.97. The van der Waals surface area contributed by atoms with Gasteiger partial charge in [-0.15, -0.1) is 0 Å². The number of nitrogens with one attached hydrogen (secondary N) is 2. The van der Waals surface area contributed by atoms with Gasteiger partial charge < -0.3 is 15.7 Å². The highest BCUT2D eigenvalue weighted by atomic mass is 16.4. The molecule has 0 atom stereocenters. The molecule has 98 valence electrons. The first-order valence-electron chi connectivity index (χ1n) is 5.51. The maximum atomic E-state index is 11.6. The van der Waals surface area contributed by atoms with Crippen LogP contribution in [0.2, 0.25) is 0 Å². The molecule has 0 aliphatic carbocycles. The Kier molecular flexibility index (Phi) is 5.63. The van der Waals surface area contributed by atoms with Gasteiger partial charge in [-0.05, 0) is 5.56 Å². The highest BCUT2D eigenvalue weighted by Crippen LogP contribution is 1.98. The van der Waals surface area contributed by atoms with Gasteiger partial charge in [-0.3, -0.25) is 9.59 Å². The molecule has 0 unspecified atom stereocenters. The average Bonchev–Trinajstić information content (AvgIpc) is 2.42. The summed E-state index contributed by atoms with van der Waals surface area (Å²) in [7, 11) is 0. The second kappa shape index (κ2) is 7.50. The number of hydrogen-bond acceptors (Lipinski definition) is 4. The third-order valence-electron chi connectivity index (χ3n) is 2.16. The maximum absolute atomic E-state index is 11.6. The van der Waals surface area contributed by atoms with E-state index in [4.69, 9.17) is 10.4 Å². The van der Waals surface area contributed by atoms with Crippen LogP contribution in [0.4, 0.5) is 0 Å². The van der Waals surface area contributed by atoms with Crippen molar-refractivity contribution in [1.82, 2.24) is 10.6 Å². The molecule has 0 bridgehead atoms. The van der Waals surface area contributed by atoms with Crippen molar-refractivity contribution in [2.75, 3.05) is 6.54 Å². The van der Waals surface area contributed by atoms with Gasteiger partial charge >= 0.3 is 5.97 Å². The predicted molar refractivity (Wildman–Crippen MR) is 67.6 cm³/mol. The van der Waals surface area contributed by atoms with Crippen molar-refractivity contribution in [2.24, 2.45) is 0 Å². The van der Waals surface area contributed by atoms with Gasteiger partial charge in [-0.25, -0.2) is 0 Å². The molecule has 0 heterocycles. The highest BCUT2D eigenvalue weighted by Gasteiger charge is 2.08. The van der Waals surface area contributed by atoms with E-state index in [0.29, 0.717) is 6.54 Å². The second-order valence-electron chi connectivity index (χ2n) is 3.61. The van der Waals surface area contributed by atoms with E-state index in [1.807, 2.05) is 30.3 Å². The van der Waals surface area contributed by atoms with Crippen molar-refractivity contribution in [3.05, 3.63) is 47.7 Å². The smallest absolute Gasteiger partial charge is 0.322 e. The number of hydrogen-bond donors (Lipinski definition) is 3. The van der Waals surface area contributed by atoms with Crippen LogP contribution >= 0.6 is 0 Å². The first-order chi connectivity index (χ1) is 9.13. The van der Waals surface area contributed by atoms with Crippen molar-refractivity contribution < 1.29 is 14.7 Å². The Hall–Kier alpha value is -2.81. The number of nitriles is 1. The summed E-state index contributed by atoms with van der Waals surface area (Å²) >= 11 is 0. The van der Waals surface area contributed by atoms with Crippen LogP contribution in [0.1, 0.15) is 5.56 Å². The molecule has 19 heavy (non-hydrogen) atoms. The Morgan fingerprint density at radius 2 is 2.00 bits per heavy atom. The molecule has 0 aliphatic rings. The normalized spacial score (nSPS) is 10.4. The molecular formula is C13H13N3O3. The summed E-state index contributed by atoms with van der Waals surface area (Å²) in [5.74, 6) is -1.62. The van der Waals surface area contributed by atoms with Gasteiger partial charge in [0.2, 0.25) is 0 Å². The zero-order valence-corrected chi connectivity index (χ0v) is 10.1. The van der Waals surface area contributed by atoms with Crippen LogP contribution in [-0.4, -0.2) is 23.5 Å². The number of nitrogens with zero attached hydrogens (tertiary/aromatic N) is 1. The lowest BCUT2D eigenvalue weighted by atomic mass is 10.2. The van der Waals surface area contributed by atoms with E-state index in [9.17, 15) is 9.59 Å². The van der Waals surface area contributed by atoms with Gasteiger partial charge in [0.15, 0.2) is 0 Å². The minimum absolute atomic E-state index is 0.169.